The monoisotopic (exact) mass is 231 g/mol. The molecule has 0 radical (unpaired) electrons. The van der Waals surface area contributed by atoms with Gasteiger partial charge in [0.15, 0.2) is 5.69 Å². The van der Waals surface area contributed by atoms with E-state index in [4.69, 9.17) is 10.2 Å². The second kappa shape index (κ2) is 5.37. The van der Waals surface area contributed by atoms with Crippen LogP contribution in [0.2, 0.25) is 0 Å². The third-order valence-corrected chi connectivity index (χ3v) is 2.09. The first-order valence-electron chi connectivity index (χ1n) is 4.07. The molecule has 1 rings (SSSR count). The largest absolute Gasteiger partial charge is 0.480 e. The molecule has 7 nitrogen and oxygen atoms in total. The van der Waals surface area contributed by atoms with Crippen LogP contribution in [-0.2, 0) is 4.79 Å². The van der Waals surface area contributed by atoms with Crippen LogP contribution < -0.4 is 5.32 Å². The van der Waals surface area contributed by atoms with E-state index >= 15 is 0 Å². The summed E-state index contributed by atoms with van der Waals surface area (Å²) in [6.07, 6.45) is 1.20. The highest BCUT2D eigenvalue weighted by molar-refractivity contribution is 6.99. The molecule has 0 unspecified atom stereocenters. The van der Waals surface area contributed by atoms with Crippen molar-refractivity contribution < 1.29 is 19.8 Å². The summed E-state index contributed by atoms with van der Waals surface area (Å²) >= 11 is 0.859. The zero-order valence-corrected chi connectivity index (χ0v) is 8.40. The van der Waals surface area contributed by atoms with Gasteiger partial charge in [-0.3, -0.25) is 4.79 Å². The summed E-state index contributed by atoms with van der Waals surface area (Å²) in [5, 5.41) is 19.5. The first kappa shape index (κ1) is 11.5. The van der Waals surface area contributed by atoms with Crippen molar-refractivity contribution in [2.24, 2.45) is 0 Å². The Hall–Kier alpha value is -1.54. The first-order chi connectivity index (χ1) is 7.15. The number of aliphatic hydroxyl groups excluding tert-OH is 1. The molecule has 3 N–H and O–H groups in total. The molecule has 0 saturated carbocycles. The third kappa shape index (κ3) is 3.26. The number of aliphatic carboxylic acids is 1. The van der Waals surface area contributed by atoms with Crippen molar-refractivity contribution in [2.75, 3.05) is 6.61 Å². The van der Waals surface area contributed by atoms with E-state index in [1.54, 1.807) is 0 Å². The van der Waals surface area contributed by atoms with Crippen LogP contribution in [0, 0.1) is 0 Å². The fourth-order valence-electron chi connectivity index (χ4n) is 0.883. The molecule has 0 aliphatic carbocycles. The molecule has 82 valence electrons. The van der Waals surface area contributed by atoms with Gasteiger partial charge in [0.05, 0.1) is 17.9 Å². The average Bonchev–Trinajstić information content (AvgIpc) is 2.69. The van der Waals surface area contributed by atoms with E-state index in [1.807, 2.05) is 0 Å². The summed E-state index contributed by atoms with van der Waals surface area (Å²) in [6.45, 7) is -0.313. The summed E-state index contributed by atoms with van der Waals surface area (Å²) in [5.74, 6) is -1.80. The molecule has 0 saturated heterocycles. The maximum Gasteiger partial charge on any atom is 0.326 e. The summed E-state index contributed by atoms with van der Waals surface area (Å²) < 4.78 is 7.27. The van der Waals surface area contributed by atoms with Crippen LogP contribution in [0.1, 0.15) is 16.9 Å². The molecule has 1 atom stereocenters. The Balaban J connectivity index is 2.59. The smallest absolute Gasteiger partial charge is 0.326 e. The first-order valence-corrected chi connectivity index (χ1v) is 4.80. The Bertz CT molecular complexity index is 340. The number of rotatable bonds is 5. The highest BCUT2D eigenvalue weighted by Crippen LogP contribution is 1.98. The molecular weight excluding hydrogens is 222 g/mol. The molecule has 1 amide bonds. The van der Waals surface area contributed by atoms with Gasteiger partial charge in [0.25, 0.3) is 5.91 Å². The van der Waals surface area contributed by atoms with E-state index in [-0.39, 0.29) is 18.7 Å². The highest BCUT2D eigenvalue weighted by atomic mass is 32.1. The van der Waals surface area contributed by atoms with Gasteiger partial charge in [-0.2, -0.15) is 8.75 Å². The normalized spacial score (nSPS) is 12.1. The fourth-order valence-corrected chi connectivity index (χ4v) is 1.30. The number of carboxylic acids is 1. The minimum absolute atomic E-state index is 0.0430. The maximum atomic E-state index is 11.3. The highest BCUT2D eigenvalue weighted by Gasteiger charge is 2.20. The second-order valence-electron chi connectivity index (χ2n) is 2.67. The summed E-state index contributed by atoms with van der Waals surface area (Å²) in [5.41, 5.74) is 0.0733. The van der Waals surface area contributed by atoms with Crippen LogP contribution in [0.3, 0.4) is 0 Å². The van der Waals surface area contributed by atoms with Crippen molar-refractivity contribution in [1.29, 1.82) is 0 Å². The molecule has 0 spiro atoms. The van der Waals surface area contributed by atoms with Crippen molar-refractivity contribution >= 4 is 23.6 Å². The van der Waals surface area contributed by atoms with E-state index in [9.17, 15) is 9.59 Å². The minimum atomic E-state index is -1.19. The molecule has 0 aromatic carbocycles. The number of carbonyl (C=O) groups excluding carboxylic acids is 1. The van der Waals surface area contributed by atoms with Gasteiger partial charge in [0.1, 0.15) is 6.04 Å². The molecule has 1 aromatic rings. The van der Waals surface area contributed by atoms with Crippen molar-refractivity contribution in [3.63, 3.8) is 0 Å². The number of nitrogens with zero attached hydrogens (tertiary/aromatic N) is 2. The van der Waals surface area contributed by atoms with Gasteiger partial charge in [-0.1, -0.05) is 0 Å². The van der Waals surface area contributed by atoms with Crippen LogP contribution in [0.4, 0.5) is 0 Å². The third-order valence-electron chi connectivity index (χ3n) is 1.62. The molecule has 15 heavy (non-hydrogen) atoms. The molecule has 0 fully saturated rings. The maximum absolute atomic E-state index is 11.3. The number of nitrogens with one attached hydrogen (secondary N) is 1. The summed E-state index contributed by atoms with van der Waals surface area (Å²) in [7, 11) is 0. The van der Waals surface area contributed by atoms with Gasteiger partial charge in [-0.05, 0) is 0 Å². The zero-order chi connectivity index (χ0) is 11.3. The number of aromatic nitrogens is 2. The van der Waals surface area contributed by atoms with Crippen molar-refractivity contribution in [3.8, 4) is 0 Å². The molecular formula is C7H9N3O4S. The molecule has 1 heterocycles. The van der Waals surface area contributed by atoms with Gasteiger partial charge >= 0.3 is 5.97 Å². The minimum Gasteiger partial charge on any atom is -0.480 e. The van der Waals surface area contributed by atoms with Gasteiger partial charge in [-0.25, -0.2) is 4.79 Å². The number of hydrogen-bond acceptors (Lipinski definition) is 6. The van der Waals surface area contributed by atoms with E-state index in [1.165, 1.54) is 6.20 Å². The zero-order valence-electron chi connectivity index (χ0n) is 7.58. The number of carbonyl (C=O) groups is 2. The van der Waals surface area contributed by atoms with E-state index in [0.717, 1.165) is 11.7 Å². The summed E-state index contributed by atoms with van der Waals surface area (Å²) in [4.78, 5) is 22.0. The van der Waals surface area contributed by atoms with Crippen molar-refractivity contribution in [2.45, 2.75) is 12.5 Å². The fraction of sp³-hybridized carbons (Fsp3) is 0.429. The lowest BCUT2D eigenvalue weighted by atomic mass is 10.2. The van der Waals surface area contributed by atoms with Crippen LogP contribution in [0.15, 0.2) is 6.20 Å². The lowest BCUT2D eigenvalue weighted by molar-refractivity contribution is -0.139. The molecule has 0 bridgehead atoms. The van der Waals surface area contributed by atoms with Crippen molar-refractivity contribution in [3.05, 3.63) is 11.9 Å². The number of aliphatic hydroxyl groups is 1. The van der Waals surface area contributed by atoms with Gasteiger partial charge in [-0.15, -0.1) is 0 Å². The molecule has 0 aliphatic heterocycles. The lowest BCUT2D eigenvalue weighted by Gasteiger charge is -2.11. The number of hydrogen-bond donors (Lipinski definition) is 3. The Morgan fingerprint density at radius 3 is 2.80 bits per heavy atom. The molecule has 8 heteroatoms. The molecule has 0 aliphatic rings. The number of carboxylic acid groups (broad SMARTS) is 1. The van der Waals surface area contributed by atoms with Crippen LogP contribution in [0.5, 0.6) is 0 Å². The predicted octanol–water partition coefficient (Wildman–Crippen LogP) is -0.897. The van der Waals surface area contributed by atoms with Crippen molar-refractivity contribution in [1.82, 2.24) is 14.1 Å². The quantitative estimate of drug-likeness (QED) is 0.605. The van der Waals surface area contributed by atoms with E-state index in [0.29, 0.717) is 0 Å². The second-order valence-corrected chi connectivity index (χ2v) is 3.23. The Morgan fingerprint density at radius 1 is 1.60 bits per heavy atom. The Morgan fingerprint density at radius 2 is 2.33 bits per heavy atom. The topological polar surface area (TPSA) is 112 Å². The van der Waals surface area contributed by atoms with Gasteiger partial charge in [0, 0.05) is 13.0 Å². The predicted molar refractivity (Wildman–Crippen MR) is 50.5 cm³/mol. The lowest BCUT2D eigenvalue weighted by Crippen LogP contribution is -2.41. The number of amides is 1. The van der Waals surface area contributed by atoms with Crippen LogP contribution in [-0.4, -0.2) is 43.5 Å². The Kier molecular flexibility index (Phi) is 4.13. The van der Waals surface area contributed by atoms with Gasteiger partial charge < -0.3 is 15.5 Å². The average molecular weight is 231 g/mol. The standard InChI is InChI=1S/C7H9N3O4S/c11-2-1-4(7(13)14)9-6(12)5-3-8-15-10-5/h3-4,11H,1-2H2,(H,9,12)(H,13,14)/t4-/m1/s1. The Labute approximate surface area is 89.1 Å². The van der Waals surface area contributed by atoms with E-state index in [2.05, 4.69) is 14.1 Å². The van der Waals surface area contributed by atoms with Crippen LogP contribution in [0.25, 0.3) is 0 Å². The van der Waals surface area contributed by atoms with Crippen LogP contribution >= 0.6 is 11.7 Å². The van der Waals surface area contributed by atoms with Gasteiger partial charge in [0.2, 0.25) is 0 Å². The molecule has 1 aromatic heterocycles. The SMILES string of the molecule is O=C(N[C@H](CCO)C(=O)O)c1cnsn1. The summed E-state index contributed by atoms with van der Waals surface area (Å²) in [6, 6.07) is -1.11. The van der Waals surface area contributed by atoms with E-state index < -0.39 is 17.9 Å².